The van der Waals surface area contributed by atoms with Crippen LogP contribution in [0.3, 0.4) is 0 Å². The largest absolute Gasteiger partial charge is 0.394 e. The lowest BCUT2D eigenvalue weighted by Crippen LogP contribution is -2.55. The number of hydrogen-bond acceptors (Lipinski definition) is 4. The standard InChI is InChI=1S/C15H30N2O2/c1-12-4-3-5-15(6-12,10-16)11-17-7-14(8-18)19-9-13(17)2/h12-14,18H,3-11,16H2,1-2H3. The van der Waals surface area contributed by atoms with Crippen LogP contribution in [0.1, 0.15) is 39.5 Å². The average Bonchev–Trinajstić information content (AvgIpc) is 2.41. The van der Waals surface area contributed by atoms with Crippen LogP contribution in [0.25, 0.3) is 0 Å². The van der Waals surface area contributed by atoms with Crippen molar-refractivity contribution in [3.63, 3.8) is 0 Å². The Morgan fingerprint density at radius 3 is 2.84 bits per heavy atom. The lowest BCUT2D eigenvalue weighted by Gasteiger charge is -2.46. The highest BCUT2D eigenvalue weighted by Gasteiger charge is 2.38. The molecule has 3 N–H and O–H groups in total. The SMILES string of the molecule is CC1CCCC(CN)(CN2CC(CO)OCC2C)C1. The topological polar surface area (TPSA) is 58.7 Å². The number of rotatable bonds is 4. The second-order valence-electron chi connectivity index (χ2n) is 6.82. The molecule has 4 atom stereocenters. The lowest BCUT2D eigenvalue weighted by atomic mass is 9.69. The molecule has 4 nitrogen and oxygen atoms in total. The van der Waals surface area contributed by atoms with Crippen LogP contribution in [-0.4, -0.2) is 55.0 Å². The Labute approximate surface area is 117 Å². The molecule has 2 aliphatic rings. The second kappa shape index (κ2) is 6.53. The van der Waals surface area contributed by atoms with Gasteiger partial charge in [0.1, 0.15) is 0 Å². The Balaban J connectivity index is 1.99. The van der Waals surface area contributed by atoms with Gasteiger partial charge in [0.2, 0.25) is 0 Å². The molecule has 1 heterocycles. The van der Waals surface area contributed by atoms with Gasteiger partial charge in [-0.25, -0.2) is 0 Å². The molecule has 0 aromatic heterocycles. The van der Waals surface area contributed by atoms with Gasteiger partial charge in [-0.15, -0.1) is 0 Å². The zero-order valence-electron chi connectivity index (χ0n) is 12.5. The molecule has 2 fully saturated rings. The zero-order chi connectivity index (χ0) is 13.9. The van der Waals surface area contributed by atoms with Gasteiger partial charge in [0.15, 0.2) is 0 Å². The molecule has 0 spiro atoms. The van der Waals surface area contributed by atoms with Crippen LogP contribution in [0.2, 0.25) is 0 Å². The number of morpholine rings is 1. The van der Waals surface area contributed by atoms with Crippen molar-refractivity contribution in [3.05, 3.63) is 0 Å². The van der Waals surface area contributed by atoms with E-state index < -0.39 is 0 Å². The molecule has 0 aromatic carbocycles. The van der Waals surface area contributed by atoms with Crippen molar-refractivity contribution in [1.29, 1.82) is 0 Å². The minimum absolute atomic E-state index is 0.0213. The number of aliphatic hydroxyl groups is 1. The molecular formula is C15H30N2O2. The van der Waals surface area contributed by atoms with Crippen LogP contribution >= 0.6 is 0 Å². The maximum Gasteiger partial charge on any atom is 0.0933 e. The van der Waals surface area contributed by atoms with Crippen molar-refractivity contribution in [2.45, 2.75) is 51.7 Å². The van der Waals surface area contributed by atoms with E-state index in [9.17, 15) is 5.11 Å². The fraction of sp³-hybridized carbons (Fsp3) is 1.00. The molecule has 1 saturated heterocycles. The van der Waals surface area contributed by atoms with Gasteiger partial charge in [0.05, 0.1) is 19.3 Å². The summed E-state index contributed by atoms with van der Waals surface area (Å²) in [6, 6.07) is 0.434. The Bertz CT molecular complexity index is 287. The Kier molecular flexibility index (Phi) is 5.23. The van der Waals surface area contributed by atoms with E-state index in [1.807, 2.05) is 0 Å². The minimum Gasteiger partial charge on any atom is -0.394 e. The van der Waals surface area contributed by atoms with Gasteiger partial charge >= 0.3 is 0 Å². The maximum absolute atomic E-state index is 9.29. The van der Waals surface area contributed by atoms with Gasteiger partial charge in [-0.3, -0.25) is 4.90 Å². The van der Waals surface area contributed by atoms with Gasteiger partial charge in [-0.1, -0.05) is 19.8 Å². The highest BCUT2D eigenvalue weighted by Crippen LogP contribution is 2.39. The van der Waals surface area contributed by atoms with E-state index in [2.05, 4.69) is 18.7 Å². The first-order chi connectivity index (χ1) is 9.08. The molecule has 4 heteroatoms. The Morgan fingerprint density at radius 2 is 2.21 bits per heavy atom. The lowest BCUT2D eigenvalue weighted by molar-refractivity contribution is -0.0914. The molecule has 1 saturated carbocycles. The first-order valence-electron chi connectivity index (χ1n) is 7.75. The summed E-state index contributed by atoms with van der Waals surface area (Å²) < 4.78 is 5.62. The summed E-state index contributed by atoms with van der Waals surface area (Å²) in [5.74, 6) is 0.794. The van der Waals surface area contributed by atoms with E-state index in [1.54, 1.807) is 0 Å². The van der Waals surface area contributed by atoms with Gasteiger partial charge in [0, 0.05) is 19.1 Å². The fourth-order valence-corrected chi connectivity index (χ4v) is 3.80. The number of hydrogen-bond donors (Lipinski definition) is 2. The van der Waals surface area contributed by atoms with Crippen LogP contribution in [0.4, 0.5) is 0 Å². The summed E-state index contributed by atoms with van der Waals surface area (Å²) >= 11 is 0. The molecule has 1 aliphatic heterocycles. The normalized spacial score (nSPS) is 41.4. The fourth-order valence-electron chi connectivity index (χ4n) is 3.80. The van der Waals surface area contributed by atoms with Crippen molar-refractivity contribution in [2.24, 2.45) is 17.1 Å². The molecule has 0 aromatic rings. The van der Waals surface area contributed by atoms with Crippen molar-refractivity contribution >= 4 is 0 Å². The van der Waals surface area contributed by atoms with Gasteiger partial charge in [0.25, 0.3) is 0 Å². The van der Waals surface area contributed by atoms with Crippen LogP contribution in [0.15, 0.2) is 0 Å². The van der Waals surface area contributed by atoms with Gasteiger partial charge < -0.3 is 15.6 Å². The first-order valence-corrected chi connectivity index (χ1v) is 7.75. The summed E-state index contributed by atoms with van der Waals surface area (Å²) in [5.41, 5.74) is 6.40. The highest BCUT2D eigenvalue weighted by atomic mass is 16.5. The molecule has 4 unspecified atom stereocenters. The summed E-state index contributed by atoms with van der Waals surface area (Å²) in [4.78, 5) is 2.48. The highest BCUT2D eigenvalue weighted by molar-refractivity contribution is 4.91. The van der Waals surface area contributed by atoms with Crippen LogP contribution in [-0.2, 0) is 4.74 Å². The maximum atomic E-state index is 9.29. The summed E-state index contributed by atoms with van der Waals surface area (Å²) in [5, 5.41) is 9.29. The molecular weight excluding hydrogens is 240 g/mol. The van der Waals surface area contributed by atoms with E-state index in [-0.39, 0.29) is 18.1 Å². The molecule has 0 bridgehead atoms. The zero-order valence-corrected chi connectivity index (χ0v) is 12.5. The quantitative estimate of drug-likeness (QED) is 0.806. The molecule has 1 aliphatic carbocycles. The third kappa shape index (κ3) is 3.69. The molecule has 112 valence electrons. The van der Waals surface area contributed by atoms with Crippen molar-refractivity contribution in [2.75, 3.05) is 32.8 Å². The predicted molar refractivity (Wildman–Crippen MR) is 77.0 cm³/mol. The van der Waals surface area contributed by atoms with E-state index in [0.29, 0.717) is 6.04 Å². The van der Waals surface area contributed by atoms with E-state index >= 15 is 0 Å². The number of ether oxygens (including phenoxy) is 1. The first kappa shape index (κ1) is 15.2. The van der Waals surface area contributed by atoms with Crippen LogP contribution in [0.5, 0.6) is 0 Å². The molecule has 0 amide bonds. The predicted octanol–water partition coefficient (Wildman–Crippen LogP) is 1.22. The third-order valence-electron chi connectivity index (χ3n) is 5.00. The second-order valence-corrected chi connectivity index (χ2v) is 6.82. The van der Waals surface area contributed by atoms with Gasteiger partial charge in [-0.05, 0) is 37.6 Å². The molecule has 2 rings (SSSR count). The van der Waals surface area contributed by atoms with Crippen LogP contribution in [0, 0.1) is 11.3 Å². The smallest absolute Gasteiger partial charge is 0.0933 e. The monoisotopic (exact) mass is 270 g/mol. The van der Waals surface area contributed by atoms with E-state index in [0.717, 1.165) is 32.2 Å². The third-order valence-corrected chi connectivity index (χ3v) is 5.00. The van der Waals surface area contributed by atoms with Crippen LogP contribution < -0.4 is 5.73 Å². The summed E-state index contributed by atoms with van der Waals surface area (Å²) in [6.45, 7) is 8.09. The average molecular weight is 270 g/mol. The molecule has 19 heavy (non-hydrogen) atoms. The number of nitrogens with zero attached hydrogens (tertiary/aromatic N) is 1. The molecule has 0 radical (unpaired) electrons. The number of aliphatic hydroxyl groups excluding tert-OH is 1. The van der Waals surface area contributed by atoms with Crippen molar-refractivity contribution in [3.8, 4) is 0 Å². The van der Waals surface area contributed by atoms with Gasteiger partial charge in [-0.2, -0.15) is 0 Å². The Hall–Kier alpha value is -0.160. The van der Waals surface area contributed by atoms with Crippen molar-refractivity contribution in [1.82, 2.24) is 4.90 Å². The van der Waals surface area contributed by atoms with E-state index in [1.165, 1.54) is 25.7 Å². The Morgan fingerprint density at radius 1 is 1.42 bits per heavy atom. The minimum atomic E-state index is -0.0213. The summed E-state index contributed by atoms with van der Waals surface area (Å²) in [6.07, 6.45) is 5.13. The number of nitrogens with two attached hydrogens (primary N) is 1. The van der Waals surface area contributed by atoms with E-state index in [4.69, 9.17) is 10.5 Å². The van der Waals surface area contributed by atoms with Crippen molar-refractivity contribution < 1.29 is 9.84 Å². The summed E-state index contributed by atoms with van der Waals surface area (Å²) in [7, 11) is 0.